The van der Waals surface area contributed by atoms with Crippen molar-refractivity contribution in [2.24, 2.45) is 0 Å². The van der Waals surface area contributed by atoms with Gasteiger partial charge >= 0.3 is 0 Å². The number of aromatic nitrogens is 1. The summed E-state index contributed by atoms with van der Waals surface area (Å²) < 4.78 is 0. The van der Waals surface area contributed by atoms with Gasteiger partial charge in [-0.3, -0.25) is 0 Å². The average molecular weight is 478 g/mol. The molecule has 1 aliphatic carbocycles. The molecule has 3 aromatic rings. The molecule has 3 heterocycles. The minimum atomic E-state index is -0.145. The number of fused-ring (bicyclic) bond motifs is 4. The van der Waals surface area contributed by atoms with Gasteiger partial charge in [0.05, 0.1) is 0 Å². The third-order valence-corrected chi connectivity index (χ3v) is 9.20. The monoisotopic (exact) mass is 477 g/mol. The number of anilines is 1. The Labute approximate surface area is 216 Å². The molecular formula is C33H39N3. The molecule has 3 nitrogen and oxygen atoms in total. The fourth-order valence-electron chi connectivity index (χ4n) is 7.07. The van der Waals surface area contributed by atoms with Crippen LogP contribution in [-0.2, 0) is 11.8 Å². The first-order valence-corrected chi connectivity index (χ1v) is 13.9. The smallest absolute Gasteiger partial charge is 0.0475 e. The van der Waals surface area contributed by atoms with Crippen LogP contribution in [0.2, 0.25) is 0 Å². The number of benzene rings is 2. The number of nitrogens with one attached hydrogen (secondary N) is 1. The Kier molecular flexibility index (Phi) is 5.77. The van der Waals surface area contributed by atoms with Crippen molar-refractivity contribution in [3.05, 3.63) is 70.4 Å². The molecule has 0 saturated carbocycles. The van der Waals surface area contributed by atoms with Crippen molar-refractivity contribution in [1.29, 1.82) is 0 Å². The van der Waals surface area contributed by atoms with Gasteiger partial charge in [-0.15, -0.1) is 6.42 Å². The van der Waals surface area contributed by atoms with E-state index < -0.39 is 0 Å². The van der Waals surface area contributed by atoms with E-state index in [-0.39, 0.29) is 5.41 Å². The molecule has 36 heavy (non-hydrogen) atoms. The Bertz CT molecular complexity index is 1370. The molecule has 3 heteroatoms. The van der Waals surface area contributed by atoms with Crippen molar-refractivity contribution in [2.45, 2.75) is 70.8 Å². The van der Waals surface area contributed by atoms with E-state index in [0.717, 1.165) is 42.2 Å². The lowest BCUT2D eigenvalue weighted by molar-refractivity contribution is 0.141. The summed E-state index contributed by atoms with van der Waals surface area (Å²) in [7, 11) is 0. The maximum atomic E-state index is 5.69. The van der Waals surface area contributed by atoms with Crippen molar-refractivity contribution < 1.29 is 0 Å². The van der Waals surface area contributed by atoms with Gasteiger partial charge in [0.1, 0.15) is 0 Å². The second-order valence-electron chi connectivity index (χ2n) is 11.6. The predicted octanol–water partition coefficient (Wildman–Crippen LogP) is 6.87. The van der Waals surface area contributed by atoms with E-state index in [0.29, 0.717) is 0 Å². The van der Waals surface area contributed by atoms with Gasteiger partial charge in [-0.2, -0.15) is 0 Å². The second-order valence-corrected chi connectivity index (χ2v) is 11.6. The zero-order chi connectivity index (χ0) is 25.0. The van der Waals surface area contributed by atoms with Gasteiger partial charge in [-0.1, -0.05) is 45.8 Å². The lowest BCUT2D eigenvalue weighted by Gasteiger charge is -2.42. The van der Waals surface area contributed by atoms with Gasteiger partial charge in [0, 0.05) is 58.0 Å². The maximum Gasteiger partial charge on any atom is 0.0475 e. The van der Waals surface area contributed by atoms with Crippen LogP contribution in [0.25, 0.3) is 16.5 Å². The largest absolute Gasteiger partial charge is 0.371 e. The molecule has 0 radical (unpaired) electrons. The van der Waals surface area contributed by atoms with Gasteiger partial charge in [0.15, 0.2) is 0 Å². The third-order valence-electron chi connectivity index (χ3n) is 9.20. The zero-order valence-electron chi connectivity index (χ0n) is 22.2. The highest BCUT2D eigenvalue weighted by Gasteiger charge is 2.38. The minimum Gasteiger partial charge on any atom is -0.371 e. The lowest BCUT2D eigenvalue weighted by atomic mass is 9.69. The van der Waals surface area contributed by atoms with Crippen LogP contribution in [-0.4, -0.2) is 42.1 Å². The first-order chi connectivity index (χ1) is 17.4. The quantitative estimate of drug-likeness (QED) is 0.416. The Morgan fingerprint density at radius 3 is 2.50 bits per heavy atom. The molecule has 2 fully saturated rings. The number of rotatable bonds is 3. The van der Waals surface area contributed by atoms with E-state index >= 15 is 0 Å². The molecule has 0 amide bonds. The average Bonchev–Trinajstić information content (AvgIpc) is 3.32. The highest BCUT2D eigenvalue weighted by Crippen LogP contribution is 2.50. The predicted molar refractivity (Wildman–Crippen MR) is 153 cm³/mol. The molecule has 3 aliphatic rings. The summed E-state index contributed by atoms with van der Waals surface area (Å²) in [6, 6.07) is 12.0. The van der Waals surface area contributed by atoms with E-state index in [9.17, 15) is 0 Å². The number of aromatic amines is 1. The van der Waals surface area contributed by atoms with Gasteiger partial charge < -0.3 is 14.8 Å². The third kappa shape index (κ3) is 3.61. The molecular weight excluding hydrogens is 438 g/mol. The molecule has 186 valence electrons. The number of likely N-dealkylation sites (tertiary alicyclic amines) is 1. The standard InChI is InChI=1S/C33H39N3/c1-6-23-11-12-26-29(19-23)34-32-31(26)22(3)27-20-24(7-2)30(21-28(27)33(32,4)5)36-17-13-25(14-18-36)35-15-9-8-10-16-35/h1,11-12,19-21,25,34H,3,7-10,13-18H2,2,4-5H3. The van der Waals surface area contributed by atoms with Crippen molar-refractivity contribution in [2.75, 3.05) is 31.1 Å². The summed E-state index contributed by atoms with van der Waals surface area (Å²) in [6.07, 6.45) is 13.5. The molecule has 2 saturated heterocycles. The van der Waals surface area contributed by atoms with Gasteiger partial charge in [0.25, 0.3) is 0 Å². The number of hydrogen-bond donors (Lipinski definition) is 1. The Balaban J connectivity index is 1.37. The first kappa shape index (κ1) is 23.4. The summed E-state index contributed by atoms with van der Waals surface area (Å²) in [6.45, 7) is 16.5. The van der Waals surface area contributed by atoms with Crippen LogP contribution in [0.15, 0.2) is 36.9 Å². The highest BCUT2D eigenvalue weighted by molar-refractivity contribution is 6.01. The molecule has 0 atom stereocenters. The van der Waals surface area contributed by atoms with Crippen LogP contribution in [0.5, 0.6) is 0 Å². The first-order valence-electron chi connectivity index (χ1n) is 13.9. The fourth-order valence-corrected chi connectivity index (χ4v) is 7.07. The summed E-state index contributed by atoms with van der Waals surface area (Å²) in [5, 5.41) is 1.22. The Hall–Kier alpha value is -2.96. The molecule has 1 N–H and O–H groups in total. The molecule has 6 rings (SSSR count). The molecule has 0 unspecified atom stereocenters. The number of nitrogens with zero attached hydrogens (tertiary/aromatic N) is 2. The van der Waals surface area contributed by atoms with Gasteiger partial charge in [-0.25, -0.2) is 0 Å². The van der Waals surface area contributed by atoms with Crippen molar-refractivity contribution in [3.8, 4) is 12.3 Å². The number of H-pyrrole nitrogens is 1. The Morgan fingerprint density at radius 2 is 1.81 bits per heavy atom. The minimum absolute atomic E-state index is 0.145. The number of terminal acetylenes is 1. The summed E-state index contributed by atoms with van der Waals surface area (Å²) >= 11 is 0. The van der Waals surface area contributed by atoms with E-state index in [1.54, 1.807) is 0 Å². The maximum absolute atomic E-state index is 5.69. The van der Waals surface area contributed by atoms with Crippen molar-refractivity contribution in [1.82, 2.24) is 9.88 Å². The molecule has 1 aromatic heterocycles. The molecule has 2 aliphatic heterocycles. The van der Waals surface area contributed by atoms with Crippen LogP contribution in [0.4, 0.5) is 5.69 Å². The summed E-state index contributed by atoms with van der Waals surface area (Å²) in [5.74, 6) is 2.78. The highest BCUT2D eigenvalue weighted by atomic mass is 15.2. The van der Waals surface area contributed by atoms with Crippen LogP contribution >= 0.6 is 0 Å². The lowest BCUT2D eigenvalue weighted by Crippen LogP contribution is -2.47. The SMILES string of the molecule is C#Cc1ccc2c3c([nH]c2c1)C(C)(C)c1cc(N2CCC(N4CCCCC4)CC2)c(CC)cc1C3=C. The van der Waals surface area contributed by atoms with Gasteiger partial charge in [0.2, 0.25) is 0 Å². The fraction of sp³-hybridized carbons (Fsp3) is 0.455. The van der Waals surface area contributed by atoms with E-state index in [2.05, 4.69) is 72.3 Å². The number of piperidine rings is 2. The number of aryl methyl sites for hydroxylation is 1. The van der Waals surface area contributed by atoms with Crippen LogP contribution in [0.3, 0.4) is 0 Å². The molecule has 2 aromatic carbocycles. The van der Waals surface area contributed by atoms with Crippen molar-refractivity contribution >= 4 is 22.2 Å². The second kappa shape index (κ2) is 8.86. The topological polar surface area (TPSA) is 22.3 Å². The normalized spacial score (nSPS) is 20.3. The van der Waals surface area contributed by atoms with Crippen LogP contribution in [0.1, 0.15) is 86.4 Å². The van der Waals surface area contributed by atoms with Gasteiger partial charge in [-0.05, 0) is 91.7 Å². The molecule has 0 spiro atoms. The van der Waals surface area contributed by atoms with Crippen LogP contribution in [0, 0.1) is 12.3 Å². The zero-order valence-corrected chi connectivity index (χ0v) is 22.2. The summed E-state index contributed by atoms with van der Waals surface area (Å²) in [5.41, 5.74) is 11.1. The van der Waals surface area contributed by atoms with Crippen molar-refractivity contribution in [3.63, 3.8) is 0 Å². The Morgan fingerprint density at radius 1 is 1.06 bits per heavy atom. The van der Waals surface area contributed by atoms with Crippen LogP contribution < -0.4 is 4.90 Å². The number of hydrogen-bond acceptors (Lipinski definition) is 2. The summed E-state index contributed by atoms with van der Waals surface area (Å²) in [4.78, 5) is 9.18. The van der Waals surface area contributed by atoms with E-state index in [4.69, 9.17) is 6.42 Å². The van der Waals surface area contributed by atoms with E-state index in [1.807, 2.05) is 6.07 Å². The van der Waals surface area contributed by atoms with E-state index in [1.165, 1.54) is 84.2 Å². The molecule has 0 bridgehead atoms.